The van der Waals surface area contributed by atoms with Crippen LogP contribution >= 0.6 is 0 Å². The highest BCUT2D eigenvalue weighted by Gasteiger charge is 1.90. The van der Waals surface area contributed by atoms with Crippen LogP contribution in [0.25, 0.3) is 0 Å². The summed E-state index contributed by atoms with van der Waals surface area (Å²) < 4.78 is 0. The van der Waals surface area contributed by atoms with E-state index in [-0.39, 0.29) is 0 Å². The number of hydrazine groups is 1. The zero-order valence-corrected chi connectivity index (χ0v) is 6.67. The third-order valence-electron chi connectivity index (χ3n) is 1.53. The number of rotatable bonds is 3. The van der Waals surface area contributed by atoms with Crippen molar-refractivity contribution in [3.63, 3.8) is 0 Å². The number of aryl methyl sites for hydroxylation is 1. The minimum Gasteiger partial charge on any atom is -0.271 e. The Bertz CT molecular complexity index is 205. The summed E-state index contributed by atoms with van der Waals surface area (Å²) >= 11 is 0. The molecule has 0 fully saturated rings. The van der Waals surface area contributed by atoms with E-state index in [2.05, 4.69) is 16.5 Å². The van der Waals surface area contributed by atoms with Gasteiger partial charge in [-0.2, -0.15) is 0 Å². The third kappa shape index (κ3) is 2.65. The maximum absolute atomic E-state index is 5.14. The van der Waals surface area contributed by atoms with Gasteiger partial charge in [0.25, 0.3) is 0 Å². The molecule has 3 N–H and O–H groups in total. The fourth-order valence-electron chi connectivity index (χ4n) is 0.863. The molecule has 0 aromatic carbocycles. The summed E-state index contributed by atoms with van der Waals surface area (Å²) in [7, 11) is 0. The van der Waals surface area contributed by atoms with E-state index >= 15 is 0 Å². The van der Waals surface area contributed by atoms with Crippen LogP contribution in [-0.2, 0) is 6.42 Å². The van der Waals surface area contributed by atoms with Crippen molar-refractivity contribution in [2.45, 2.75) is 13.3 Å². The van der Waals surface area contributed by atoms with E-state index in [4.69, 9.17) is 5.84 Å². The van der Waals surface area contributed by atoms with Gasteiger partial charge in [-0.25, -0.2) is 0 Å². The van der Waals surface area contributed by atoms with Crippen molar-refractivity contribution in [2.24, 2.45) is 5.84 Å². The van der Waals surface area contributed by atoms with Gasteiger partial charge in [0.1, 0.15) is 0 Å². The van der Waals surface area contributed by atoms with Crippen molar-refractivity contribution in [3.8, 4) is 0 Å². The maximum Gasteiger partial charge on any atom is 0.0372 e. The summed E-state index contributed by atoms with van der Waals surface area (Å²) in [5.41, 5.74) is 4.87. The number of pyridine rings is 1. The fourth-order valence-corrected chi connectivity index (χ4v) is 0.863. The first-order valence-corrected chi connectivity index (χ1v) is 3.68. The number of hydrogen-bond acceptors (Lipinski definition) is 3. The van der Waals surface area contributed by atoms with Gasteiger partial charge in [0.05, 0.1) is 0 Å². The topological polar surface area (TPSA) is 50.9 Å². The molecule has 11 heavy (non-hydrogen) atoms. The molecule has 0 amide bonds. The van der Waals surface area contributed by atoms with Crippen LogP contribution in [0.15, 0.2) is 18.3 Å². The highest BCUT2D eigenvalue weighted by Crippen LogP contribution is 1.98. The van der Waals surface area contributed by atoms with Crippen molar-refractivity contribution >= 4 is 0 Å². The molecule has 1 aromatic heterocycles. The second kappa shape index (κ2) is 4.05. The fraction of sp³-hybridized carbons (Fsp3) is 0.375. The first-order valence-electron chi connectivity index (χ1n) is 3.68. The second-order valence-electron chi connectivity index (χ2n) is 2.51. The number of aromatic nitrogens is 1. The summed E-state index contributed by atoms with van der Waals surface area (Å²) in [5, 5.41) is 0. The monoisotopic (exact) mass is 151 g/mol. The predicted molar refractivity (Wildman–Crippen MR) is 44.9 cm³/mol. The summed E-state index contributed by atoms with van der Waals surface area (Å²) in [6.45, 7) is 2.77. The molecule has 3 nitrogen and oxygen atoms in total. The van der Waals surface area contributed by atoms with Crippen LogP contribution in [0.3, 0.4) is 0 Å². The van der Waals surface area contributed by atoms with E-state index in [0.717, 1.165) is 18.7 Å². The Labute approximate surface area is 66.6 Å². The van der Waals surface area contributed by atoms with Gasteiger partial charge in [-0.15, -0.1) is 0 Å². The number of nitrogens with one attached hydrogen (secondary N) is 1. The van der Waals surface area contributed by atoms with E-state index in [9.17, 15) is 0 Å². The summed E-state index contributed by atoms with van der Waals surface area (Å²) in [5.74, 6) is 5.14. The lowest BCUT2D eigenvalue weighted by Crippen LogP contribution is -2.24. The zero-order valence-electron chi connectivity index (χ0n) is 6.67. The minimum atomic E-state index is 0.796. The lowest BCUT2D eigenvalue weighted by Gasteiger charge is -1.99. The predicted octanol–water partition coefficient (Wildman–Crippen LogP) is 0.396. The lowest BCUT2D eigenvalue weighted by molar-refractivity contribution is 0.727. The smallest absolute Gasteiger partial charge is 0.0372 e. The largest absolute Gasteiger partial charge is 0.271 e. The van der Waals surface area contributed by atoms with Crippen LogP contribution in [0.5, 0.6) is 0 Å². The van der Waals surface area contributed by atoms with Gasteiger partial charge in [0, 0.05) is 18.4 Å². The summed E-state index contributed by atoms with van der Waals surface area (Å²) in [6, 6.07) is 4.07. The Balaban J connectivity index is 2.52. The number of hydrogen-bond donors (Lipinski definition) is 2. The molecule has 0 spiro atoms. The Morgan fingerprint density at radius 3 is 2.91 bits per heavy atom. The molecule has 0 saturated carbocycles. The Kier molecular flexibility index (Phi) is 3.01. The van der Waals surface area contributed by atoms with Crippen LogP contribution < -0.4 is 11.3 Å². The van der Waals surface area contributed by atoms with Gasteiger partial charge in [-0.05, 0) is 25.0 Å². The average Bonchev–Trinajstić information content (AvgIpc) is 2.04. The molecule has 0 saturated heterocycles. The minimum absolute atomic E-state index is 0.796. The maximum atomic E-state index is 5.14. The molecule has 60 valence electrons. The van der Waals surface area contributed by atoms with Crippen molar-refractivity contribution in [1.82, 2.24) is 10.4 Å². The number of nitrogens with two attached hydrogens (primary N) is 1. The van der Waals surface area contributed by atoms with E-state index in [0.29, 0.717) is 0 Å². The van der Waals surface area contributed by atoms with Crippen LogP contribution in [0.1, 0.15) is 11.3 Å². The van der Waals surface area contributed by atoms with Gasteiger partial charge in [-0.3, -0.25) is 16.3 Å². The molecule has 1 aromatic rings. The molecule has 0 radical (unpaired) electrons. The van der Waals surface area contributed by atoms with Crippen LogP contribution in [0, 0.1) is 6.92 Å². The van der Waals surface area contributed by atoms with Crippen molar-refractivity contribution in [3.05, 3.63) is 29.6 Å². The highest BCUT2D eigenvalue weighted by molar-refractivity contribution is 5.13. The first-order chi connectivity index (χ1) is 5.33. The Hall–Kier alpha value is -0.930. The van der Waals surface area contributed by atoms with Gasteiger partial charge >= 0.3 is 0 Å². The Morgan fingerprint density at radius 1 is 1.55 bits per heavy atom. The van der Waals surface area contributed by atoms with Crippen LogP contribution in [-0.4, -0.2) is 11.5 Å². The third-order valence-corrected chi connectivity index (χ3v) is 1.53. The van der Waals surface area contributed by atoms with E-state index in [1.807, 2.05) is 19.2 Å². The van der Waals surface area contributed by atoms with E-state index in [1.54, 1.807) is 0 Å². The van der Waals surface area contributed by atoms with Gasteiger partial charge < -0.3 is 0 Å². The Morgan fingerprint density at radius 2 is 2.36 bits per heavy atom. The average molecular weight is 151 g/mol. The van der Waals surface area contributed by atoms with Gasteiger partial charge in [0.2, 0.25) is 0 Å². The normalized spacial score (nSPS) is 10.0. The molecule has 0 unspecified atom stereocenters. The van der Waals surface area contributed by atoms with E-state index < -0.39 is 0 Å². The van der Waals surface area contributed by atoms with Crippen molar-refractivity contribution < 1.29 is 0 Å². The lowest BCUT2D eigenvalue weighted by atomic mass is 10.2. The molecule has 0 bridgehead atoms. The quantitative estimate of drug-likeness (QED) is 0.485. The molecule has 1 rings (SSSR count). The van der Waals surface area contributed by atoms with Gasteiger partial charge in [-0.1, -0.05) is 6.07 Å². The zero-order chi connectivity index (χ0) is 8.10. The SMILES string of the molecule is Cc1ccc(CCNN)cn1. The number of nitrogens with zero attached hydrogens (tertiary/aromatic N) is 1. The molecule has 1 heterocycles. The van der Waals surface area contributed by atoms with Crippen molar-refractivity contribution in [1.29, 1.82) is 0 Å². The molecular weight excluding hydrogens is 138 g/mol. The van der Waals surface area contributed by atoms with Crippen LogP contribution in [0.2, 0.25) is 0 Å². The van der Waals surface area contributed by atoms with Crippen molar-refractivity contribution in [2.75, 3.05) is 6.54 Å². The molecule has 0 atom stereocenters. The molecule has 0 aliphatic heterocycles. The molecular formula is C8H13N3. The molecule has 0 aliphatic rings. The van der Waals surface area contributed by atoms with Gasteiger partial charge in [0.15, 0.2) is 0 Å². The summed E-state index contributed by atoms with van der Waals surface area (Å²) in [6.07, 6.45) is 2.82. The summed E-state index contributed by atoms with van der Waals surface area (Å²) in [4.78, 5) is 4.16. The first kappa shape index (κ1) is 8.17. The van der Waals surface area contributed by atoms with Crippen LogP contribution in [0.4, 0.5) is 0 Å². The highest BCUT2D eigenvalue weighted by atomic mass is 15.2. The molecule has 0 aliphatic carbocycles. The molecule has 3 heteroatoms. The van der Waals surface area contributed by atoms with E-state index in [1.165, 1.54) is 5.56 Å². The standard InChI is InChI=1S/C8H13N3/c1-7-2-3-8(6-10-7)4-5-11-9/h2-3,6,11H,4-5,9H2,1H3. The second-order valence-corrected chi connectivity index (χ2v) is 2.51.